The van der Waals surface area contributed by atoms with Gasteiger partial charge in [0.15, 0.2) is 0 Å². The summed E-state index contributed by atoms with van der Waals surface area (Å²) in [7, 11) is -1.40. The van der Waals surface area contributed by atoms with Gasteiger partial charge in [-0.3, -0.25) is 0 Å². The molecule has 1 rings (SSSR count). The van der Waals surface area contributed by atoms with Gasteiger partial charge in [0.1, 0.15) is 0 Å². The Morgan fingerprint density at radius 1 is 1.20 bits per heavy atom. The minimum absolute atomic E-state index is 0.156. The van der Waals surface area contributed by atoms with E-state index in [0.29, 0.717) is 5.92 Å². The summed E-state index contributed by atoms with van der Waals surface area (Å²) < 4.78 is 0. The van der Waals surface area contributed by atoms with Gasteiger partial charge in [-0.15, -0.1) is 18.2 Å². The third-order valence-electron chi connectivity index (χ3n) is 4.72. The zero-order valence-electron chi connectivity index (χ0n) is 14.2. The second-order valence-corrected chi connectivity index (χ2v) is 13.5. The fourth-order valence-electron chi connectivity index (χ4n) is 3.36. The summed E-state index contributed by atoms with van der Waals surface area (Å²) in [5, 5.41) is 1.38. The van der Waals surface area contributed by atoms with Crippen molar-refractivity contribution in [1.29, 1.82) is 0 Å². The van der Waals surface area contributed by atoms with Crippen LogP contribution in [-0.4, -0.2) is 12.9 Å². The maximum atomic E-state index is 7.24. The molecule has 0 radical (unpaired) electrons. The van der Waals surface area contributed by atoms with Crippen molar-refractivity contribution in [3.05, 3.63) is 23.4 Å². The van der Waals surface area contributed by atoms with E-state index in [1.165, 1.54) is 42.9 Å². The molecule has 0 spiro atoms. The Hall–Kier alpha value is -0.0131. The molecule has 1 fully saturated rings. The Kier molecular flexibility index (Phi) is 6.59. The fourth-order valence-corrected chi connectivity index (χ4v) is 6.11. The second-order valence-electron chi connectivity index (χ2n) is 7.75. The minimum atomic E-state index is -1.40. The van der Waals surface area contributed by atoms with Gasteiger partial charge in [0.05, 0.1) is 12.9 Å². The number of halogens is 1. The number of hydrogen-bond acceptors (Lipinski definition) is 0. The van der Waals surface area contributed by atoms with E-state index < -0.39 is 8.07 Å². The van der Waals surface area contributed by atoms with Crippen molar-refractivity contribution >= 4 is 19.7 Å². The largest absolute Gasteiger partial charge is 0.115 e. The lowest BCUT2D eigenvalue weighted by atomic mass is 9.77. The van der Waals surface area contributed by atoms with Crippen LogP contribution in [0.4, 0.5) is 0 Å². The van der Waals surface area contributed by atoms with Gasteiger partial charge in [0, 0.05) is 0 Å². The lowest BCUT2D eigenvalue weighted by molar-refractivity contribution is 0.292. The van der Waals surface area contributed by atoms with Crippen LogP contribution >= 0.6 is 11.6 Å². The van der Waals surface area contributed by atoms with Crippen LogP contribution in [0.1, 0.15) is 58.8 Å². The lowest BCUT2D eigenvalue weighted by Crippen LogP contribution is -2.44. The van der Waals surface area contributed by atoms with Crippen LogP contribution in [-0.2, 0) is 0 Å². The Morgan fingerprint density at radius 3 is 2.20 bits per heavy atom. The first-order chi connectivity index (χ1) is 9.18. The van der Waals surface area contributed by atoms with Gasteiger partial charge in [-0.2, -0.15) is 0 Å². The summed E-state index contributed by atoms with van der Waals surface area (Å²) in [4.78, 5) is -0.156. The van der Waals surface area contributed by atoms with Crippen LogP contribution in [0.5, 0.6) is 0 Å². The lowest BCUT2D eigenvalue weighted by Gasteiger charge is -2.43. The average Bonchev–Trinajstić information content (AvgIpc) is 2.37. The number of hydrogen-bond donors (Lipinski definition) is 0. The molecule has 1 aliphatic rings. The summed E-state index contributed by atoms with van der Waals surface area (Å²) in [5.74, 6) is 0.641. The molecular formula is C18H33ClSi. The molecule has 1 atom stereocenters. The summed E-state index contributed by atoms with van der Waals surface area (Å²) in [5.41, 5.74) is 1.39. The first-order valence-electron chi connectivity index (χ1n) is 8.20. The first-order valence-corrected chi connectivity index (χ1v) is 12.1. The Balaban J connectivity index is 2.92. The molecule has 0 N–H and O–H groups in total. The predicted molar refractivity (Wildman–Crippen MR) is 96.3 cm³/mol. The van der Waals surface area contributed by atoms with Gasteiger partial charge in [0.25, 0.3) is 0 Å². The zero-order chi connectivity index (χ0) is 15.4. The van der Waals surface area contributed by atoms with Crippen LogP contribution < -0.4 is 0 Å². The molecule has 2 heteroatoms. The molecule has 1 unspecified atom stereocenters. The summed E-state index contributed by atoms with van der Waals surface area (Å²) in [6, 6.07) is 0. The summed E-state index contributed by atoms with van der Waals surface area (Å²) in [6.45, 7) is 16.0. The maximum absolute atomic E-state index is 7.24. The van der Waals surface area contributed by atoms with E-state index in [9.17, 15) is 0 Å². The van der Waals surface area contributed by atoms with E-state index in [2.05, 4.69) is 46.1 Å². The highest BCUT2D eigenvalue weighted by Crippen LogP contribution is 2.47. The highest BCUT2D eigenvalue weighted by atomic mass is 35.5. The van der Waals surface area contributed by atoms with Crippen molar-refractivity contribution in [3.63, 3.8) is 0 Å². The van der Waals surface area contributed by atoms with Gasteiger partial charge < -0.3 is 0 Å². The molecule has 116 valence electrons. The standard InChI is InChI=1S/C18H33ClSi/c1-15(2)11-10-14-18(19,16(3)20(4,5)6)17-12-8-7-9-13-17/h11,17H,3,7-10,12-14H2,1-2,4-6H3. The number of alkyl halides is 1. The molecule has 20 heavy (non-hydrogen) atoms. The van der Waals surface area contributed by atoms with Gasteiger partial charge >= 0.3 is 0 Å². The third-order valence-corrected chi connectivity index (χ3v) is 7.86. The predicted octanol–water partition coefficient (Wildman–Crippen LogP) is 6.72. The van der Waals surface area contributed by atoms with Crippen LogP contribution in [0.3, 0.4) is 0 Å². The average molecular weight is 313 g/mol. The molecule has 0 bridgehead atoms. The molecular weight excluding hydrogens is 280 g/mol. The van der Waals surface area contributed by atoms with E-state index in [1.807, 2.05) is 0 Å². The van der Waals surface area contributed by atoms with Crippen LogP contribution in [0.2, 0.25) is 19.6 Å². The minimum Gasteiger partial charge on any atom is -0.115 e. The monoisotopic (exact) mass is 312 g/mol. The van der Waals surface area contributed by atoms with Crippen LogP contribution in [0, 0.1) is 5.92 Å². The normalized spacial score (nSPS) is 20.3. The number of rotatable bonds is 6. The molecule has 1 aliphatic carbocycles. The molecule has 0 nitrogen and oxygen atoms in total. The van der Waals surface area contributed by atoms with Gasteiger partial charge in [-0.05, 0) is 45.4 Å². The van der Waals surface area contributed by atoms with Gasteiger partial charge in [0.2, 0.25) is 0 Å². The van der Waals surface area contributed by atoms with E-state index in [4.69, 9.17) is 11.6 Å². The van der Waals surface area contributed by atoms with Crippen LogP contribution in [0.25, 0.3) is 0 Å². The van der Waals surface area contributed by atoms with Crippen molar-refractivity contribution in [2.45, 2.75) is 83.3 Å². The van der Waals surface area contributed by atoms with Crippen molar-refractivity contribution in [2.75, 3.05) is 0 Å². The summed E-state index contributed by atoms with van der Waals surface area (Å²) in [6.07, 6.45) is 11.2. The first kappa shape index (κ1) is 18.0. The molecule has 0 saturated heterocycles. The molecule has 0 aromatic heterocycles. The van der Waals surface area contributed by atoms with Crippen molar-refractivity contribution in [3.8, 4) is 0 Å². The molecule has 0 heterocycles. The van der Waals surface area contributed by atoms with E-state index >= 15 is 0 Å². The molecule has 0 aromatic rings. The maximum Gasteiger partial charge on any atom is 0.0739 e. The van der Waals surface area contributed by atoms with Crippen molar-refractivity contribution < 1.29 is 0 Å². The highest BCUT2D eigenvalue weighted by molar-refractivity contribution is 6.84. The van der Waals surface area contributed by atoms with Crippen LogP contribution in [0.15, 0.2) is 23.4 Å². The quantitative estimate of drug-likeness (QED) is 0.290. The van der Waals surface area contributed by atoms with Gasteiger partial charge in [-0.1, -0.05) is 55.7 Å². The molecule has 0 aromatic carbocycles. The topological polar surface area (TPSA) is 0 Å². The highest BCUT2D eigenvalue weighted by Gasteiger charge is 2.43. The Labute approximate surface area is 132 Å². The van der Waals surface area contributed by atoms with E-state index in [-0.39, 0.29) is 4.87 Å². The molecule has 0 amide bonds. The smallest absolute Gasteiger partial charge is 0.0739 e. The summed E-state index contributed by atoms with van der Waals surface area (Å²) >= 11 is 7.24. The van der Waals surface area contributed by atoms with Gasteiger partial charge in [-0.25, -0.2) is 0 Å². The second kappa shape index (κ2) is 7.31. The molecule has 1 saturated carbocycles. The van der Waals surface area contributed by atoms with Crippen molar-refractivity contribution in [1.82, 2.24) is 0 Å². The zero-order valence-corrected chi connectivity index (χ0v) is 15.9. The van der Waals surface area contributed by atoms with E-state index in [0.717, 1.165) is 12.8 Å². The van der Waals surface area contributed by atoms with E-state index in [1.54, 1.807) is 0 Å². The SMILES string of the molecule is C=C(C(Cl)(CCC=C(C)C)C1CCCCC1)[Si](C)(C)C. The fraction of sp³-hybridized carbons (Fsp3) is 0.778. The van der Waals surface area contributed by atoms with Crippen molar-refractivity contribution in [2.24, 2.45) is 5.92 Å². The number of allylic oxidation sites excluding steroid dienone is 3. The third kappa shape index (κ3) is 4.77. The molecule has 0 aliphatic heterocycles. The Morgan fingerprint density at radius 2 is 1.75 bits per heavy atom. The Bertz CT molecular complexity index is 354.